The van der Waals surface area contributed by atoms with Crippen molar-refractivity contribution in [1.29, 1.82) is 5.26 Å². The minimum atomic E-state index is -0.476. The first-order valence-corrected chi connectivity index (χ1v) is 10.0. The molecule has 3 rings (SSSR count). The molecule has 0 amide bonds. The van der Waals surface area contributed by atoms with Crippen molar-refractivity contribution < 1.29 is 18.3 Å². The summed E-state index contributed by atoms with van der Waals surface area (Å²) in [5.41, 5.74) is 1.43. The van der Waals surface area contributed by atoms with Gasteiger partial charge in [-0.25, -0.2) is 8.78 Å². The summed E-state index contributed by atoms with van der Waals surface area (Å²) in [6.45, 7) is 2.25. The average molecular weight is 470 g/mol. The predicted molar refractivity (Wildman–Crippen MR) is 116 cm³/mol. The highest BCUT2D eigenvalue weighted by molar-refractivity contribution is 9.10. The van der Waals surface area contributed by atoms with E-state index in [-0.39, 0.29) is 23.6 Å². The fraction of sp³-hybridized carbons (Fsp3) is 0.125. The van der Waals surface area contributed by atoms with E-state index in [1.807, 2.05) is 13.0 Å². The Morgan fingerprint density at radius 1 is 1.00 bits per heavy atom. The Morgan fingerprint density at radius 3 is 2.33 bits per heavy atom. The maximum atomic E-state index is 14.1. The first-order valence-electron chi connectivity index (χ1n) is 9.22. The molecule has 0 fully saturated rings. The fourth-order valence-electron chi connectivity index (χ4n) is 2.82. The van der Waals surface area contributed by atoms with Crippen molar-refractivity contribution in [2.75, 3.05) is 6.61 Å². The van der Waals surface area contributed by atoms with Gasteiger partial charge in [-0.05, 0) is 42.8 Å². The van der Waals surface area contributed by atoms with Gasteiger partial charge >= 0.3 is 0 Å². The number of halogens is 3. The molecule has 0 aliphatic heterocycles. The lowest BCUT2D eigenvalue weighted by Gasteiger charge is -2.14. The van der Waals surface area contributed by atoms with Crippen LogP contribution in [-0.4, -0.2) is 6.61 Å². The number of allylic oxidation sites excluding steroid dienone is 1. The van der Waals surface area contributed by atoms with Gasteiger partial charge < -0.3 is 9.47 Å². The van der Waals surface area contributed by atoms with E-state index in [2.05, 4.69) is 15.9 Å². The molecule has 152 valence electrons. The van der Waals surface area contributed by atoms with Crippen molar-refractivity contribution in [3.63, 3.8) is 0 Å². The third-order valence-electron chi connectivity index (χ3n) is 4.29. The molecule has 3 aromatic rings. The molecule has 0 atom stereocenters. The minimum Gasteiger partial charge on any atom is -0.490 e. The maximum Gasteiger partial charge on any atom is 0.162 e. The van der Waals surface area contributed by atoms with Crippen molar-refractivity contribution in [2.45, 2.75) is 13.5 Å². The van der Waals surface area contributed by atoms with Crippen molar-refractivity contribution in [3.05, 3.63) is 93.5 Å². The highest BCUT2D eigenvalue weighted by Gasteiger charge is 2.13. The Morgan fingerprint density at radius 2 is 1.67 bits per heavy atom. The van der Waals surface area contributed by atoms with Gasteiger partial charge in [0.15, 0.2) is 11.5 Å². The Hall–Kier alpha value is -3.17. The van der Waals surface area contributed by atoms with E-state index in [9.17, 15) is 14.0 Å². The van der Waals surface area contributed by atoms with Gasteiger partial charge in [0.1, 0.15) is 18.2 Å². The lowest BCUT2D eigenvalue weighted by molar-refractivity contribution is 0.265. The largest absolute Gasteiger partial charge is 0.490 e. The molecule has 3 aromatic carbocycles. The van der Waals surface area contributed by atoms with Crippen molar-refractivity contribution in [1.82, 2.24) is 0 Å². The molecular weight excluding hydrogens is 452 g/mol. The summed E-state index contributed by atoms with van der Waals surface area (Å²) in [5, 5.41) is 9.53. The summed E-state index contributed by atoms with van der Waals surface area (Å²) in [7, 11) is 0. The minimum absolute atomic E-state index is 0.0348. The molecular formula is C24H18BrF2NO2. The highest BCUT2D eigenvalue weighted by Crippen LogP contribution is 2.36. The quantitative estimate of drug-likeness (QED) is 0.283. The lowest BCUT2D eigenvalue weighted by atomic mass is 10.0. The number of benzene rings is 3. The second-order valence-corrected chi connectivity index (χ2v) is 7.14. The van der Waals surface area contributed by atoms with Gasteiger partial charge in [0.2, 0.25) is 0 Å². The van der Waals surface area contributed by atoms with Gasteiger partial charge in [-0.3, -0.25) is 0 Å². The molecule has 3 nitrogen and oxygen atoms in total. The van der Waals surface area contributed by atoms with Gasteiger partial charge in [0.25, 0.3) is 0 Å². The first-order chi connectivity index (χ1) is 14.5. The van der Waals surface area contributed by atoms with E-state index in [0.717, 1.165) is 0 Å². The van der Waals surface area contributed by atoms with Crippen LogP contribution in [0.1, 0.15) is 23.6 Å². The van der Waals surface area contributed by atoms with E-state index < -0.39 is 5.82 Å². The second-order valence-electron chi connectivity index (χ2n) is 6.28. The van der Waals surface area contributed by atoms with Gasteiger partial charge in [-0.1, -0.05) is 52.3 Å². The molecule has 0 spiro atoms. The van der Waals surface area contributed by atoms with E-state index in [1.54, 1.807) is 54.6 Å². The normalized spacial score (nSPS) is 11.1. The molecule has 0 unspecified atom stereocenters. The zero-order valence-electron chi connectivity index (χ0n) is 16.2. The van der Waals surface area contributed by atoms with Crippen LogP contribution >= 0.6 is 15.9 Å². The summed E-state index contributed by atoms with van der Waals surface area (Å²) >= 11 is 3.46. The van der Waals surface area contributed by atoms with Gasteiger partial charge in [0, 0.05) is 15.6 Å². The molecule has 0 aliphatic rings. The third-order valence-corrected chi connectivity index (χ3v) is 4.97. The molecule has 0 aromatic heterocycles. The summed E-state index contributed by atoms with van der Waals surface area (Å²) < 4.78 is 40.1. The first kappa shape index (κ1) is 21.5. The number of rotatable bonds is 7. The molecule has 0 N–H and O–H groups in total. The second kappa shape index (κ2) is 10.0. The van der Waals surface area contributed by atoms with Crippen LogP contribution in [0.2, 0.25) is 0 Å². The Labute approximate surface area is 182 Å². The Balaban J connectivity index is 1.95. The topological polar surface area (TPSA) is 42.2 Å². The smallest absolute Gasteiger partial charge is 0.162 e. The molecule has 0 bridgehead atoms. The number of ether oxygens (including phenoxy) is 2. The predicted octanol–water partition coefficient (Wildman–Crippen LogP) is 6.77. The zero-order chi connectivity index (χ0) is 21.5. The van der Waals surface area contributed by atoms with Gasteiger partial charge in [-0.15, -0.1) is 0 Å². The SMILES string of the molecule is CCOc1cc(C=C(C#N)c2ccccc2F)c(Br)cc1OCc1ccccc1F. The number of hydrogen-bond donors (Lipinski definition) is 0. The van der Waals surface area contributed by atoms with E-state index in [1.165, 1.54) is 12.1 Å². The Bertz CT molecular complexity index is 1120. The van der Waals surface area contributed by atoms with E-state index in [4.69, 9.17) is 9.47 Å². The van der Waals surface area contributed by atoms with Gasteiger partial charge in [0.05, 0.1) is 18.2 Å². The highest BCUT2D eigenvalue weighted by atomic mass is 79.9. The molecule has 0 aliphatic carbocycles. The summed E-state index contributed by atoms with van der Waals surface area (Å²) in [5.74, 6) is 0.0385. The summed E-state index contributed by atoms with van der Waals surface area (Å²) in [6, 6.07) is 17.9. The van der Waals surface area contributed by atoms with Crippen molar-refractivity contribution >= 4 is 27.6 Å². The van der Waals surface area contributed by atoms with Crippen molar-refractivity contribution in [2.24, 2.45) is 0 Å². The third kappa shape index (κ3) is 5.05. The standard InChI is InChI=1S/C24H18BrF2NO2/c1-2-29-23-12-17(11-18(14-28)19-8-4-6-10-22(19)27)20(25)13-24(23)30-15-16-7-3-5-9-21(16)26/h3-13H,2,15H2,1H3. The molecule has 0 saturated carbocycles. The van der Waals surface area contributed by atoms with Crippen LogP contribution in [0.25, 0.3) is 11.6 Å². The van der Waals surface area contributed by atoms with Crippen LogP contribution in [0.3, 0.4) is 0 Å². The van der Waals surface area contributed by atoms with Crippen LogP contribution in [0, 0.1) is 23.0 Å². The maximum absolute atomic E-state index is 14.1. The number of nitrogens with zero attached hydrogens (tertiary/aromatic N) is 1. The summed E-state index contributed by atoms with van der Waals surface area (Å²) in [6.07, 6.45) is 1.58. The lowest BCUT2D eigenvalue weighted by Crippen LogP contribution is -2.02. The average Bonchev–Trinajstić information content (AvgIpc) is 2.74. The summed E-state index contributed by atoms with van der Waals surface area (Å²) in [4.78, 5) is 0. The zero-order valence-corrected chi connectivity index (χ0v) is 17.7. The van der Waals surface area contributed by atoms with Crippen LogP contribution in [0.15, 0.2) is 65.1 Å². The van der Waals surface area contributed by atoms with Crippen LogP contribution in [0.5, 0.6) is 11.5 Å². The van der Waals surface area contributed by atoms with Crippen LogP contribution in [-0.2, 0) is 6.61 Å². The monoisotopic (exact) mass is 469 g/mol. The van der Waals surface area contributed by atoms with Crippen molar-refractivity contribution in [3.8, 4) is 17.6 Å². The molecule has 0 radical (unpaired) electrons. The van der Waals surface area contributed by atoms with E-state index >= 15 is 0 Å². The Kier molecular flexibility index (Phi) is 7.21. The molecule has 30 heavy (non-hydrogen) atoms. The fourth-order valence-corrected chi connectivity index (χ4v) is 3.26. The molecule has 0 heterocycles. The van der Waals surface area contributed by atoms with Crippen LogP contribution < -0.4 is 9.47 Å². The molecule has 0 saturated heterocycles. The number of hydrogen-bond acceptors (Lipinski definition) is 3. The van der Waals surface area contributed by atoms with Crippen LogP contribution in [0.4, 0.5) is 8.78 Å². The van der Waals surface area contributed by atoms with E-state index in [0.29, 0.717) is 33.7 Å². The van der Waals surface area contributed by atoms with Gasteiger partial charge in [-0.2, -0.15) is 5.26 Å². The number of nitriles is 1. The molecule has 6 heteroatoms.